The van der Waals surface area contributed by atoms with Crippen LogP contribution < -0.4 is 10.2 Å². The number of anilines is 2. The van der Waals surface area contributed by atoms with E-state index in [0.29, 0.717) is 10.6 Å². The number of aromatic nitrogens is 1. The molecule has 156 valence electrons. The molecular weight excluding hydrogens is 388 g/mol. The molecule has 1 fully saturated rings. The van der Waals surface area contributed by atoms with E-state index in [1.54, 1.807) is 7.05 Å². The summed E-state index contributed by atoms with van der Waals surface area (Å²) in [6.45, 7) is 9.12. The van der Waals surface area contributed by atoms with Crippen molar-refractivity contribution in [3.63, 3.8) is 0 Å². The highest BCUT2D eigenvalue weighted by molar-refractivity contribution is 7.13. The van der Waals surface area contributed by atoms with Gasteiger partial charge in [0.25, 0.3) is 5.91 Å². The molecule has 1 aliphatic rings. The summed E-state index contributed by atoms with van der Waals surface area (Å²) in [6.07, 6.45) is 0. The standard InChI is InChI=1S/C21H28N4O3S/c1-14(2)20-22-15(3)19(29-20)21(27)24(4)13-18(26)23-16-5-7-17(8-6-16)25-9-11-28-12-10-25/h5-8,14H,9-13H2,1-4H3,(H,23,26). The molecule has 29 heavy (non-hydrogen) atoms. The predicted molar refractivity (Wildman–Crippen MR) is 116 cm³/mol. The van der Waals surface area contributed by atoms with Gasteiger partial charge < -0.3 is 19.9 Å². The number of carbonyl (C=O) groups excluding carboxylic acids is 2. The summed E-state index contributed by atoms with van der Waals surface area (Å²) >= 11 is 1.40. The van der Waals surface area contributed by atoms with Crippen molar-refractivity contribution in [2.75, 3.05) is 50.1 Å². The normalized spacial score (nSPS) is 14.2. The van der Waals surface area contributed by atoms with Crippen LogP contribution in [0, 0.1) is 6.92 Å². The lowest BCUT2D eigenvalue weighted by Crippen LogP contribution is -2.36. The summed E-state index contributed by atoms with van der Waals surface area (Å²) in [5.74, 6) is -0.134. The SMILES string of the molecule is Cc1nc(C(C)C)sc1C(=O)N(C)CC(=O)Nc1ccc(N2CCOCC2)cc1. The summed E-state index contributed by atoms with van der Waals surface area (Å²) in [5.41, 5.74) is 2.54. The average Bonchev–Trinajstić information content (AvgIpc) is 3.10. The summed E-state index contributed by atoms with van der Waals surface area (Å²) < 4.78 is 5.37. The Labute approximate surface area is 175 Å². The predicted octanol–water partition coefficient (Wildman–Crippen LogP) is 3.12. The number of nitrogens with zero attached hydrogens (tertiary/aromatic N) is 3. The molecule has 0 atom stereocenters. The van der Waals surface area contributed by atoms with Gasteiger partial charge in [-0.15, -0.1) is 11.3 Å². The number of amides is 2. The second kappa shape index (κ2) is 9.37. The molecule has 3 rings (SSSR count). The van der Waals surface area contributed by atoms with Gasteiger partial charge in [0.2, 0.25) is 5.91 Å². The van der Waals surface area contributed by atoms with E-state index < -0.39 is 0 Å². The summed E-state index contributed by atoms with van der Waals surface area (Å²) in [6, 6.07) is 7.74. The Morgan fingerprint density at radius 3 is 2.48 bits per heavy atom. The van der Waals surface area contributed by atoms with Crippen molar-refractivity contribution >= 4 is 34.5 Å². The summed E-state index contributed by atoms with van der Waals surface area (Å²) in [5, 5.41) is 3.79. The third-order valence-electron chi connectivity index (χ3n) is 4.76. The zero-order chi connectivity index (χ0) is 21.0. The number of carbonyl (C=O) groups is 2. The van der Waals surface area contributed by atoms with Gasteiger partial charge in [-0.25, -0.2) is 4.98 Å². The number of ether oxygens (including phenoxy) is 1. The first kappa shape index (κ1) is 21.3. The van der Waals surface area contributed by atoms with E-state index in [2.05, 4.69) is 15.2 Å². The Balaban J connectivity index is 1.56. The third kappa shape index (κ3) is 5.33. The number of hydrogen-bond acceptors (Lipinski definition) is 6. The topological polar surface area (TPSA) is 74.8 Å². The fourth-order valence-electron chi connectivity index (χ4n) is 3.10. The lowest BCUT2D eigenvalue weighted by molar-refractivity contribution is -0.116. The number of thiazole rings is 1. The molecule has 7 nitrogen and oxygen atoms in total. The van der Waals surface area contributed by atoms with Gasteiger partial charge in [-0.1, -0.05) is 13.8 Å². The van der Waals surface area contributed by atoms with Crippen LogP contribution in [0.15, 0.2) is 24.3 Å². The second-order valence-corrected chi connectivity index (χ2v) is 8.51. The van der Waals surface area contributed by atoms with Gasteiger partial charge in [-0.2, -0.15) is 0 Å². The number of likely N-dealkylation sites (N-methyl/N-ethyl adjacent to an activating group) is 1. The third-order valence-corrected chi connectivity index (χ3v) is 6.20. The molecule has 1 saturated heterocycles. The zero-order valence-corrected chi connectivity index (χ0v) is 18.2. The van der Waals surface area contributed by atoms with Crippen molar-refractivity contribution in [3.05, 3.63) is 39.8 Å². The molecule has 2 aromatic rings. The Morgan fingerprint density at radius 2 is 1.90 bits per heavy atom. The Kier molecular flexibility index (Phi) is 6.87. The lowest BCUT2D eigenvalue weighted by atomic mass is 10.2. The van der Waals surface area contributed by atoms with E-state index >= 15 is 0 Å². The molecule has 0 spiro atoms. The highest BCUT2D eigenvalue weighted by atomic mass is 32.1. The Hall–Kier alpha value is -2.45. The van der Waals surface area contributed by atoms with E-state index in [1.807, 2.05) is 45.0 Å². The minimum Gasteiger partial charge on any atom is -0.378 e. The number of nitrogens with one attached hydrogen (secondary N) is 1. The fraction of sp³-hybridized carbons (Fsp3) is 0.476. The molecule has 1 aliphatic heterocycles. The molecule has 0 saturated carbocycles. The summed E-state index contributed by atoms with van der Waals surface area (Å²) in [4.78, 5) is 33.9. The second-order valence-electron chi connectivity index (χ2n) is 7.48. The molecule has 0 radical (unpaired) electrons. The van der Waals surface area contributed by atoms with Crippen LogP contribution in [0.1, 0.15) is 40.1 Å². The van der Waals surface area contributed by atoms with E-state index in [9.17, 15) is 9.59 Å². The molecule has 0 unspecified atom stereocenters. The maximum Gasteiger partial charge on any atom is 0.266 e. The lowest BCUT2D eigenvalue weighted by Gasteiger charge is -2.28. The van der Waals surface area contributed by atoms with E-state index in [0.717, 1.165) is 42.7 Å². The number of hydrogen-bond donors (Lipinski definition) is 1. The van der Waals surface area contributed by atoms with Gasteiger partial charge >= 0.3 is 0 Å². The Morgan fingerprint density at radius 1 is 1.24 bits per heavy atom. The maximum absolute atomic E-state index is 12.7. The van der Waals surface area contributed by atoms with Crippen LogP contribution in [-0.4, -0.2) is 61.6 Å². The van der Waals surface area contributed by atoms with Crippen molar-refractivity contribution in [2.45, 2.75) is 26.7 Å². The molecule has 2 amide bonds. The first-order valence-corrected chi connectivity index (χ1v) is 10.6. The summed E-state index contributed by atoms with van der Waals surface area (Å²) in [7, 11) is 1.64. The van der Waals surface area contributed by atoms with Crippen molar-refractivity contribution in [1.29, 1.82) is 0 Å². The van der Waals surface area contributed by atoms with Crippen LogP contribution in [0.4, 0.5) is 11.4 Å². The molecule has 1 aromatic carbocycles. The molecular formula is C21H28N4O3S. The van der Waals surface area contributed by atoms with Crippen LogP contribution in [0.2, 0.25) is 0 Å². The van der Waals surface area contributed by atoms with Crippen molar-refractivity contribution in [2.24, 2.45) is 0 Å². The minimum absolute atomic E-state index is 0.0155. The maximum atomic E-state index is 12.7. The molecule has 1 aromatic heterocycles. The van der Waals surface area contributed by atoms with Crippen LogP contribution in [0.25, 0.3) is 0 Å². The van der Waals surface area contributed by atoms with Gasteiger partial charge in [0.1, 0.15) is 4.88 Å². The number of rotatable bonds is 6. The minimum atomic E-state index is -0.230. The van der Waals surface area contributed by atoms with E-state index in [-0.39, 0.29) is 24.3 Å². The van der Waals surface area contributed by atoms with Gasteiger partial charge in [0.15, 0.2) is 0 Å². The average molecular weight is 417 g/mol. The van der Waals surface area contributed by atoms with Crippen LogP contribution in [0.3, 0.4) is 0 Å². The number of benzene rings is 1. The van der Waals surface area contributed by atoms with Crippen LogP contribution in [-0.2, 0) is 9.53 Å². The number of morpholine rings is 1. The monoisotopic (exact) mass is 416 g/mol. The molecule has 0 bridgehead atoms. The van der Waals surface area contributed by atoms with E-state index in [1.165, 1.54) is 16.2 Å². The van der Waals surface area contributed by atoms with Gasteiger partial charge in [-0.05, 0) is 31.2 Å². The quantitative estimate of drug-likeness (QED) is 0.783. The molecule has 0 aliphatic carbocycles. The van der Waals surface area contributed by atoms with Crippen LogP contribution >= 0.6 is 11.3 Å². The molecule has 1 N–H and O–H groups in total. The zero-order valence-electron chi connectivity index (χ0n) is 17.4. The van der Waals surface area contributed by atoms with Crippen molar-refractivity contribution in [3.8, 4) is 0 Å². The van der Waals surface area contributed by atoms with E-state index in [4.69, 9.17) is 4.74 Å². The Bertz CT molecular complexity index is 857. The molecule has 8 heteroatoms. The van der Waals surface area contributed by atoms with Crippen molar-refractivity contribution in [1.82, 2.24) is 9.88 Å². The van der Waals surface area contributed by atoms with Gasteiger partial charge in [0, 0.05) is 37.4 Å². The highest BCUT2D eigenvalue weighted by Gasteiger charge is 2.21. The largest absolute Gasteiger partial charge is 0.378 e. The van der Waals surface area contributed by atoms with Crippen molar-refractivity contribution < 1.29 is 14.3 Å². The first-order valence-electron chi connectivity index (χ1n) is 9.80. The smallest absolute Gasteiger partial charge is 0.266 e. The number of aryl methyl sites for hydroxylation is 1. The fourth-order valence-corrected chi connectivity index (χ4v) is 4.16. The van der Waals surface area contributed by atoms with Gasteiger partial charge in [-0.3, -0.25) is 9.59 Å². The molecule has 2 heterocycles. The first-order chi connectivity index (χ1) is 13.8. The highest BCUT2D eigenvalue weighted by Crippen LogP contribution is 2.25. The van der Waals surface area contributed by atoms with Crippen LogP contribution in [0.5, 0.6) is 0 Å². The van der Waals surface area contributed by atoms with Gasteiger partial charge in [0.05, 0.1) is 30.5 Å².